The van der Waals surface area contributed by atoms with E-state index in [1.807, 2.05) is 24.3 Å². The van der Waals surface area contributed by atoms with Gasteiger partial charge in [-0.05, 0) is 29.2 Å². The number of rotatable bonds is 7. The van der Waals surface area contributed by atoms with E-state index in [4.69, 9.17) is 9.26 Å². The van der Waals surface area contributed by atoms with Crippen molar-refractivity contribution in [3.05, 3.63) is 59.5 Å². The van der Waals surface area contributed by atoms with Crippen molar-refractivity contribution < 1.29 is 22.5 Å². The SMILES string of the molecule is CNC(=O)c1cc(S(=O)(=O)NCc2nc(-c3ccc(C(C)(C)C)cc3)no2)ccc1OC. The molecule has 3 rings (SSSR count). The number of hydrogen-bond acceptors (Lipinski definition) is 7. The molecule has 1 heterocycles. The van der Waals surface area contributed by atoms with E-state index in [0.29, 0.717) is 5.82 Å². The van der Waals surface area contributed by atoms with Crippen LogP contribution in [0.1, 0.15) is 42.6 Å². The first-order valence-corrected chi connectivity index (χ1v) is 11.4. The highest BCUT2D eigenvalue weighted by Gasteiger charge is 2.21. The van der Waals surface area contributed by atoms with Gasteiger partial charge in [0.15, 0.2) is 0 Å². The predicted molar refractivity (Wildman–Crippen MR) is 119 cm³/mol. The predicted octanol–water partition coefficient (Wildman–Crippen LogP) is 2.88. The Balaban J connectivity index is 1.75. The van der Waals surface area contributed by atoms with Crippen LogP contribution in [0, 0.1) is 0 Å². The summed E-state index contributed by atoms with van der Waals surface area (Å²) in [6, 6.07) is 11.8. The number of carbonyl (C=O) groups is 1. The van der Waals surface area contributed by atoms with Crippen LogP contribution in [0.25, 0.3) is 11.4 Å². The Bertz CT molecular complexity index is 1210. The largest absolute Gasteiger partial charge is 0.496 e. The van der Waals surface area contributed by atoms with Crippen LogP contribution in [0.3, 0.4) is 0 Å². The zero-order chi connectivity index (χ0) is 23.5. The maximum Gasteiger partial charge on any atom is 0.254 e. The highest BCUT2D eigenvalue weighted by atomic mass is 32.2. The molecule has 0 aliphatic carbocycles. The van der Waals surface area contributed by atoms with E-state index in [-0.39, 0.29) is 34.1 Å². The molecule has 0 spiro atoms. The smallest absolute Gasteiger partial charge is 0.254 e. The van der Waals surface area contributed by atoms with Crippen LogP contribution in [-0.2, 0) is 22.0 Å². The van der Waals surface area contributed by atoms with Crippen LogP contribution in [0.15, 0.2) is 51.9 Å². The highest BCUT2D eigenvalue weighted by molar-refractivity contribution is 7.89. The average Bonchev–Trinajstić information content (AvgIpc) is 3.25. The van der Waals surface area contributed by atoms with Crippen molar-refractivity contribution in [1.29, 1.82) is 0 Å². The second-order valence-corrected chi connectivity index (χ2v) is 9.87. The van der Waals surface area contributed by atoms with Gasteiger partial charge in [-0.1, -0.05) is 50.2 Å². The van der Waals surface area contributed by atoms with Crippen molar-refractivity contribution in [2.45, 2.75) is 37.6 Å². The molecule has 32 heavy (non-hydrogen) atoms. The van der Waals surface area contributed by atoms with Crippen molar-refractivity contribution in [1.82, 2.24) is 20.2 Å². The van der Waals surface area contributed by atoms with Gasteiger partial charge in [0.2, 0.25) is 21.7 Å². The molecule has 0 saturated carbocycles. The molecule has 0 radical (unpaired) electrons. The lowest BCUT2D eigenvalue weighted by molar-refractivity contribution is 0.0960. The van der Waals surface area contributed by atoms with Gasteiger partial charge < -0.3 is 14.6 Å². The Kier molecular flexibility index (Phi) is 6.65. The molecule has 10 heteroatoms. The summed E-state index contributed by atoms with van der Waals surface area (Å²) in [6.07, 6.45) is 0. The van der Waals surface area contributed by atoms with Gasteiger partial charge in [0.05, 0.1) is 24.1 Å². The van der Waals surface area contributed by atoms with Gasteiger partial charge in [0.1, 0.15) is 5.75 Å². The minimum atomic E-state index is -3.94. The molecule has 1 aromatic heterocycles. The van der Waals surface area contributed by atoms with Gasteiger partial charge in [-0.3, -0.25) is 4.79 Å². The fraction of sp³-hybridized carbons (Fsp3) is 0.318. The summed E-state index contributed by atoms with van der Waals surface area (Å²) in [7, 11) is -1.09. The Hall–Kier alpha value is -3.24. The van der Waals surface area contributed by atoms with Gasteiger partial charge in [0, 0.05) is 12.6 Å². The molecule has 0 atom stereocenters. The number of amides is 1. The molecule has 3 aromatic rings. The maximum atomic E-state index is 12.7. The molecule has 1 amide bonds. The molecule has 2 aromatic carbocycles. The highest BCUT2D eigenvalue weighted by Crippen LogP contribution is 2.25. The van der Waals surface area contributed by atoms with Crippen molar-refractivity contribution in [2.75, 3.05) is 14.2 Å². The first kappa shape index (κ1) is 23.4. The van der Waals surface area contributed by atoms with Gasteiger partial charge in [0.25, 0.3) is 5.91 Å². The molecule has 0 saturated heterocycles. The van der Waals surface area contributed by atoms with E-state index in [0.717, 1.165) is 5.56 Å². The summed E-state index contributed by atoms with van der Waals surface area (Å²) in [5.41, 5.74) is 2.07. The standard InChI is InChI=1S/C22H26N4O5S/c1-22(2,3)15-8-6-14(7-9-15)20-25-19(31-26-20)13-24-32(28,29)16-10-11-18(30-5)17(12-16)21(27)23-4/h6-12,24H,13H2,1-5H3,(H,23,27). The minimum absolute atomic E-state index is 0.0261. The lowest BCUT2D eigenvalue weighted by Crippen LogP contribution is -2.24. The Morgan fingerprint density at radius 2 is 1.81 bits per heavy atom. The number of nitrogens with one attached hydrogen (secondary N) is 2. The molecule has 0 aliphatic heterocycles. The van der Waals surface area contributed by atoms with Crippen LogP contribution in [0.4, 0.5) is 0 Å². The van der Waals surface area contributed by atoms with E-state index in [2.05, 4.69) is 41.0 Å². The Morgan fingerprint density at radius 1 is 1.12 bits per heavy atom. The molecular formula is C22H26N4O5S. The first-order valence-electron chi connectivity index (χ1n) is 9.88. The topological polar surface area (TPSA) is 123 Å². The van der Waals surface area contributed by atoms with Gasteiger partial charge in [-0.15, -0.1) is 0 Å². The van der Waals surface area contributed by atoms with Gasteiger partial charge >= 0.3 is 0 Å². The third kappa shape index (κ3) is 5.14. The van der Waals surface area contributed by atoms with E-state index in [1.54, 1.807) is 0 Å². The lowest BCUT2D eigenvalue weighted by Gasteiger charge is -2.18. The fourth-order valence-electron chi connectivity index (χ4n) is 2.97. The zero-order valence-electron chi connectivity index (χ0n) is 18.6. The first-order chi connectivity index (χ1) is 15.0. The third-order valence-corrected chi connectivity index (χ3v) is 6.24. The monoisotopic (exact) mass is 458 g/mol. The van der Waals surface area contributed by atoms with Crippen LogP contribution in [0.5, 0.6) is 5.75 Å². The second kappa shape index (κ2) is 9.09. The van der Waals surface area contributed by atoms with E-state index in [9.17, 15) is 13.2 Å². The summed E-state index contributed by atoms with van der Waals surface area (Å²) in [6.45, 7) is 6.18. The van der Waals surface area contributed by atoms with Crippen LogP contribution in [0.2, 0.25) is 0 Å². The number of ether oxygens (including phenoxy) is 1. The van der Waals surface area contributed by atoms with Crippen molar-refractivity contribution in [3.8, 4) is 17.1 Å². The molecule has 2 N–H and O–H groups in total. The van der Waals surface area contributed by atoms with Gasteiger partial charge in [-0.2, -0.15) is 4.98 Å². The molecule has 0 aliphatic rings. The number of carbonyl (C=O) groups excluding carboxylic acids is 1. The van der Waals surface area contributed by atoms with Crippen molar-refractivity contribution in [2.24, 2.45) is 0 Å². The van der Waals surface area contributed by atoms with Crippen molar-refractivity contribution in [3.63, 3.8) is 0 Å². The fourth-order valence-corrected chi connectivity index (χ4v) is 3.97. The molecule has 0 bridgehead atoms. The molecular weight excluding hydrogens is 432 g/mol. The molecule has 0 unspecified atom stereocenters. The molecule has 0 fully saturated rings. The molecule has 170 valence electrons. The number of sulfonamides is 1. The number of methoxy groups -OCH3 is 1. The van der Waals surface area contributed by atoms with E-state index < -0.39 is 15.9 Å². The van der Waals surface area contributed by atoms with E-state index in [1.165, 1.54) is 37.9 Å². The van der Waals surface area contributed by atoms with E-state index >= 15 is 0 Å². The number of nitrogens with zero attached hydrogens (tertiary/aromatic N) is 2. The summed E-state index contributed by atoms with van der Waals surface area (Å²) in [5.74, 6) is 0.287. The third-order valence-electron chi connectivity index (χ3n) is 4.84. The second-order valence-electron chi connectivity index (χ2n) is 8.10. The Labute approximate surface area is 187 Å². The average molecular weight is 459 g/mol. The summed E-state index contributed by atoms with van der Waals surface area (Å²) in [5, 5.41) is 6.39. The van der Waals surface area contributed by atoms with Crippen LogP contribution >= 0.6 is 0 Å². The number of hydrogen-bond donors (Lipinski definition) is 2. The van der Waals surface area contributed by atoms with Crippen LogP contribution in [-0.4, -0.2) is 38.6 Å². The normalized spacial score (nSPS) is 11.9. The number of benzene rings is 2. The van der Waals surface area contributed by atoms with Gasteiger partial charge in [-0.25, -0.2) is 13.1 Å². The maximum absolute atomic E-state index is 12.7. The quantitative estimate of drug-likeness (QED) is 0.558. The lowest BCUT2D eigenvalue weighted by atomic mass is 9.87. The van der Waals surface area contributed by atoms with Crippen LogP contribution < -0.4 is 14.8 Å². The summed E-state index contributed by atoms with van der Waals surface area (Å²) >= 11 is 0. The Morgan fingerprint density at radius 3 is 2.41 bits per heavy atom. The summed E-state index contributed by atoms with van der Waals surface area (Å²) in [4.78, 5) is 16.2. The summed E-state index contributed by atoms with van der Waals surface area (Å²) < 4.78 is 38.1. The molecule has 9 nitrogen and oxygen atoms in total. The van der Waals surface area contributed by atoms with Crippen molar-refractivity contribution >= 4 is 15.9 Å². The minimum Gasteiger partial charge on any atom is -0.496 e. The zero-order valence-corrected chi connectivity index (χ0v) is 19.4. The number of aromatic nitrogens is 2.